The molecule has 0 radical (unpaired) electrons. The third-order valence-corrected chi connectivity index (χ3v) is 5.51. The Morgan fingerprint density at radius 3 is 2.41 bits per heavy atom. The Morgan fingerprint density at radius 1 is 0.815 bits per heavy atom. The van der Waals surface area contributed by atoms with Gasteiger partial charge in [-0.15, -0.1) is 5.10 Å². The van der Waals surface area contributed by atoms with E-state index >= 15 is 0 Å². The van der Waals surface area contributed by atoms with Gasteiger partial charge in [0, 0.05) is 15.6 Å². The molecule has 130 valence electrons. The van der Waals surface area contributed by atoms with Gasteiger partial charge in [0.05, 0.1) is 11.0 Å². The van der Waals surface area contributed by atoms with Gasteiger partial charge in [-0.2, -0.15) is 0 Å². The minimum Gasteiger partial charge on any atom is -0.242 e. The smallest absolute Gasteiger partial charge is 0.182 e. The zero-order valence-electron chi connectivity index (χ0n) is 14.6. The van der Waals surface area contributed by atoms with Crippen LogP contribution >= 0.6 is 15.9 Å². The van der Waals surface area contributed by atoms with Crippen molar-refractivity contribution in [2.75, 3.05) is 0 Å². The number of benzene rings is 3. The SMILES string of the molecule is Cc1cc(-c2nc3c(-c4ccccc4)nc4ccccc4n3n2)ccc1Br. The Kier molecular flexibility index (Phi) is 3.76. The third-order valence-electron chi connectivity index (χ3n) is 4.62. The van der Waals surface area contributed by atoms with E-state index in [4.69, 9.17) is 15.1 Å². The molecule has 5 rings (SSSR count). The topological polar surface area (TPSA) is 43.1 Å². The quantitative estimate of drug-likeness (QED) is 0.373. The zero-order valence-corrected chi connectivity index (χ0v) is 16.2. The van der Waals surface area contributed by atoms with Crippen molar-refractivity contribution in [2.24, 2.45) is 0 Å². The molecule has 0 aliphatic carbocycles. The second kappa shape index (κ2) is 6.28. The summed E-state index contributed by atoms with van der Waals surface area (Å²) in [7, 11) is 0. The molecular formula is C22H15BrN4. The summed E-state index contributed by atoms with van der Waals surface area (Å²) < 4.78 is 2.98. The number of para-hydroxylation sites is 2. The second-order valence-electron chi connectivity index (χ2n) is 6.45. The highest BCUT2D eigenvalue weighted by Gasteiger charge is 2.16. The van der Waals surface area contributed by atoms with E-state index in [2.05, 4.69) is 41.1 Å². The Balaban J connectivity index is 1.84. The summed E-state index contributed by atoms with van der Waals surface area (Å²) in [5, 5.41) is 4.82. The van der Waals surface area contributed by atoms with Gasteiger partial charge in [-0.25, -0.2) is 14.5 Å². The van der Waals surface area contributed by atoms with E-state index in [1.807, 2.05) is 59.1 Å². The molecule has 0 bridgehead atoms. The fourth-order valence-corrected chi connectivity index (χ4v) is 3.48. The second-order valence-corrected chi connectivity index (χ2v) is 7.30. The summed E-state index contributed by atoms with van der Waals surface area (Å²) in [5.41, 5.74) is 6.60. The van der Waals surface area contributed by atoms with Crippen LogP contribution in [0.1, 0.15) is 5.56 Å². The van der Waals surface area contributed by atoms with Crippen LogP contribution in [-0.4, -0.2) is 19.6 Å². The average Bonchev–Trinajstić information content (AvgIpc) is 3.16. The van der Waals surface area contributed by atoms with Crippen LogP contribution in [-0.2, 0) is 0 Å². The molecule has 5 aromatic rings. The lowest BCUT2D eigenvalue weighted by Crippen LogP contribution is -1.97. The van der Waals surface area contributed by atoms with Gasteiger partial charge in [-0.05, 0) is 42.8 Å². The van der Waals surface area contributed by atoms with Crippen LogP contribution in [0.5, 0.6) is 0 Å². The fourth-order valence-electron chi connectivity index (χ4n) is 3.24. The lowest BCUT2D eigenvalue weighted by molar-refractivity contribution is 1.00. The first-order chi connectivity index (χ1) is 13.2. The molecule has 0 aliphatic rings. The number of aryl methyl sites for hydroxylation is 1. The van der Waals surface area contributed by atoms with Gasteiger partial charge in [-0.3, -0.25) is 0 Å². The molecule has 3 aromatic carbocycles. The lowest BCUT2D eigenvalue weighted by Gasteiger charge is -2.05. The van der Waals surface area contributed by atoms with Crippen LogP contribution < -0.4 is 0 Å². The number of nitrogens with zero attached hydrogens (tertiary/aromatic N) is 4. The normalized spacial score (nSPS) is 11.3. The van der Waals surface area contributed by atoms with Crippen molar-refractivity contribution in [3.63, 3.8) is 0 Å². The van der Waals surface area contributed by atoms with Crippen LogP contribution in [0.15, 0.2) is 77.3 Å². The van der Waals surface area contributed by atoms with E-state index in [0.29, 0.717) is 5.82 Å². The number of aromatic nitrogens is 4. The molecule has 0 saturated heterocycles. The highest BCUT2D eigenvalue weighted by Crippen LogP contribution is 2.28. The van der Waals surface area contributed by atoms with Crippen molar-refractivity contribution < 1.29 is 0 Å². The monoisotopic (exact) mass is 414 g/mol. The molecule has 4 nitrogen and oxygen atoms in total. The maximum absolute atomic E-state index is 4.88. The van der Waals surface area contributed by atoms with Gasteiger partial charge < -0.3 is 0 Å². The van der Waals surface area contributed by atoms with Gasteiger partial charge in [0.15, 0.2) is 11.5 Å². The molecule has 0 N–H and O–H groups in total. The van der Waals surface area contributed by atoms with Crippen LogP contribution in [0.2, 0.25) is 0 Å². The predicted molar refractivity (Wildman–Crippen MR) is 112 cm³/mol. The number of hydrogen-bond donors (Lipinski definition) is 0. The molecule has 0 saturated carbocycles. The average molecular weight is 415 g/mol. The molecule has 0 amide bonds. The van der Waals surface area contributed by atoms with E-state index in [9.17, 15) is 0 Å². The van der Waals surface area contributed by atoms with Crippen LogP contribution in [0.3, 0.4) is 0 Å². The van der Waals surface area contributed by atoms with Crippen LogP contribution in [0.4, 0.5) is 0 Å². The highest BCUT2D eigenvalue weighted by molar-refractivity contribution is 9.10. The van der Waals surface area contributed by atoms with E-state index in [1.165, 1.54) is 0 Å². The Hall–Kier alpha value is -3.05. The summed E-state index contributed by atoms with van der Waals surface area (Å²) in [5.74, 6) is 0.695. The van der Waals surface area contributed by atoms with Crippen molar-refractivity contribution in [1.29, 1.82) is 0 Å². The molecule has 5 heteroatoms. The first-order valence-corrected chi connectivity index (χ1v) is 9.47. The van der Waals surface area contributed by atoms with Crippen molar-refractivity contribution in [1.82, 2.24) is 19.6 Å². The van der Waals surface area contributed by atoms with Crippen molar-refractivity contribution in [3.8, 4) is 22.6 Å². The fraction of sp³-hybridized carbons (Fsp3) is 0.0455. The molecule has 2 aromatic heterocycles. The molecule has 0 atom stereocenters. The molecule has 27 heavy (non-hydrogen) atoms. The van der Waals surface area contributed by atoms with Crippen LogP contribution in [0.25, 0.3) is 39.3 Å². The number of rotatable bonds is 2. The maximum atomic E-state index is 4.88. The molecule has 0 spiro atoms. The van der Waals surface area contributed by atoms with Crippen LogP contribution in [0, 0.1) is 6.92 Å². The van der Waals surface area contributed by atoms with Gasteiger partial charge in [0.1, 0.15) is 5.69 Å². The molecule has 0 aliphatic heterocycles. The Bertz CT molecular complexity index is 1290. The minimum atomic E-state index is 0.695. The first kappa shape index (κ1) is 16.1. The Morgan fingerprint density at radius 2 is 1.59 bits per heavy atom. The summed E-state index contributed by atoms with van der Waals surface area (Å²) in [6, 6.07) is 24.3. The van der Waals surface area contributed by atoms with Gasteiger partial charge >= 0.3 is 0 Å². The Labute approximate surface area is 164 Å². The van der Waals surface area contributed by atoms with Crippen molar-refractivity contribution in [3.05, 3.63) is 82.8 Å². The third kappa shape index (κ3) is 2.71. The maximum Gasteiger partial charge on any atom is 0.182 e. The standard InChI is InChI=1S/C22H15BrN4/c1-14-13-16(11-12-17(14)23)21-25-22-20(15-7-3-2-4-8-15)24-18-9-5-6-10-19(18)27(22)26-21/h2-13H,1H3. The van der Waals surface area contributed by atoms with E-state index in [0.717, 1.165) is 43.5 Å². The zero-order chi connectivity index (χ0) is 18.4. The van der Waals surface area contributed by atoms with Crippen molar-refractivity contribution >= 4 is 32.6 Å². The summed E-state index contributed by atoms with van der Waals surface area (Å²) in [6.45, 7) is 2.07. The van der Waals surface area contributed by atoms with E-state index < -0.39 is 0 Å². The number of fused-ring (bicyclic) bond motifs is 3. The summed E-state index contributed by atoms with van der Waals surface area (Å²) in [4.78, 5) is 9.74. The predicted octanol–water partition coefficient (Wildman–Crippen LogP) is 5.68. The molecule has 2 heterocycles. The van der Waals surface area contributed by atoms with E-state index in [1.54, 1.807) is 0 Å². The molecular weight excluding hydrogens is 400 g/mol. The highest BCUT2D eigenvalue weighted by atomic mass is 79.9. The number of hydrogen-bond acceptors (Lipinski definition) is 3. The van der Waals surface area contributed by atoms with E-state index in [-0.39, 0.29) is 0 Å². The summed E-state index contributed by atoms with van der Waals surface area (Å²) >= 11 is 3.56. The molecule has 0 unspecified atom stereocenters. The minimum absolute atomic E-state index is 0.695. The first-order valence-electron chi connectivity index (χ1n) is 8.68. The van der Waals surface area contributed by atoms with Gasteiger partial charge in [0.2, 0.25) is 0 Å². The molecule has 0 fully saturated rings. The van der Waals surface area contributed by atoms with Gasteiger partial charge in [0.25, 0.3) is 0 Å². The largest absolute Gasteiger partial charge is 0.242 e. The number of halogens is 1. The van der Waals surface area contributed by atoms with Gasteiger partial charge in [-0.1, -0.05) is 58.4 Å². The van der Waals surface area contributed by atoms with Crippen molar-refractivity contribution in [2.45, 2.75) is 6.92 Å². The lowest BCUT2D eigenvalue weighted by atomic mass is 10.1. The summed E-state index contributed by atoms with van der Waals surface area (Å²) in [6.07, 6.45) is 0.